The van der Waals surface area contributed by atoms with Crippen molar-refractivity contribution in [3.8, 4) is 0 Å². The first-order valence-corrected chi connectivity index (χ1v) is 22.2. The molecule has 8 rings (SSSR count). The molecule has 2 aliphatic carbocycles. The summed E-state index contributed by atoms with van der Waals surface area (Å²) in [5.74, 6) is 1.54. The molecule has 11 heteroatoms. The molecule has 2 amide bonds. The van der Waals surface area contributed by atoms with Gasteiger partial charge in [-0.15, -0.1) is 0 Å². The Hall–Kier alpha value is -5.48. The standard InChI is InChI=1S/C26H28ClN3O.C25H27ClN4O.2CH4/c1-17(2)19-9-7-18(8-10-19)15-24-29-16-22(27)23(30-24)12-11-20-5-3-4-6-21(20)26(13-14-26)25(28)31;1-16(27)18-8-6-17(7-9-18)14-23-29-15-21(26)22(30-23)11-10-19-4-2-3-5-20(19)25(12-13-25)24(28)31;;/h3-10,16-17H,11-15H2,1-2H3,(H2,28,31);2-9,15-16H,10-14,27H2,1H3,(H2,28,31);2*1H4. The van der Waals surface area contributed by atoms with E-state index in [2.05, 4.69) is 72.3 Å². The van der Waals surface area contributed by atoms with Gasteiger partial charge in [0.2, 0.25) is 11.8 Å². The van der Waals surface area contributed by atoms with Crippen LogP contribution in [0.25, 0.3) is 0 Å². The molecule has 9 nitrogen and oxygen atoms in total. The molecular formula is C53H63Cl2N7O2. The zero-order valence-corrected chi connectivity index (χ0v) is 37.2. The molecular weight excluding hydrogens is 838 g/mol. The Morgan fingerprint density at radius 1 is 0.578 bits per heavy atom. The van der Waals surface area contributed by atoms with Gasteiger partial charge in [-0.2, -0.15) is 0 Å². The van der Waals surface area contributed by atoms with E-state index in [9.17, 15) is 9.59 Å². The van der Waals surface area contributed by atoms with Crippen LogP contribution >= 0.6 is 23.2 Å². The van der Waals surface area contributed by atoms with Crippen LogP contribution in [-0.2, 0) is 58.9 Å². The second-order valence-electron chi connectivity index (χ2n) is 17.1. The first kappa shape index (κ1) is 49.5. The third kappa shape index (κ3) is 11.6. The van der Waals surface area contributed by atoms with Gasteiger partial charge >= 0.3 is 0 Å². The maximum Gasteiger partial charge on any atom is 0.228 e. The normalized spacial score (nSPS) is 14.5. The van der Waals surface area contributed by atoms with Gasteiger partial charge in [0.1, 0.15) is 11.6 Å². The number of rotatable bonds is 16. The van der Waals surface area contributed by atoms with Crippen molar-refractivity contribution in [1.82, 2.24) is 19.9 Å². The summed E-state index contributed by atoms with van der Waals surface area (Å²) < 4.78 is 0. The molecule has 336 valence electrons. The van der Waals surface area contributed by atoms with Crippen LogP contribution < -0.4 is 17.2 Å². The van der Waals surface area contributed by atoms with Crippen LogP contribution in [0, 0.1) is 0 Å². The van der Waals surface area contributed by atoms with E-state index < -0.39 is 10.8 Å². The van der Waals surface area contributed by atoms with Crippen LogP contribution in [0.2, 0.25) is 10.0 Å². The molecule has 2 aromatic heterocycles. The van der Waals surface area contributed by atoms with Crippen molar-refractivity contribution in [2.24, 2.45) is 17.2 Å². The molecule has 0 bridgehead atoms. The lowest BCUT2D eigenvalue weighted by atomic mass is 9.88. The highest BCUT2D eigenvalue weighted by Crippen LogP contribution is 2.50. The van der Waals surface area contributed by atoms with Crippen molar-refractivity contribution >= 4 is 35.0 Å². The summed E-state index contributed by atoms with van der Waals surface area (Å²) in [5.41, 5.74) is 27.1. The smallest absolute Gasteiger partial charge is 0.228 e. The Balaban J connectivity index is 0.000000234. The fraction of sp³-hybridized carbons (Fsp3) is 0.358. The summed E-state index contributed by atoms with van der Waals surface area (Å²) in [6.45, 7) is 6.35. The number of aromatic nitrogens is 4. The summed E-state index contributed by atoms with van der Waals surface area (Å²) in [5, 5.41) is 1.14. The maximum atomic E-state index is 12.0. The van der Waals surface area contributed by atoms with E-state index in [-0.39, 0.29) is 32.7 Å². The van der Waals surface area contributed by atoms with E-state index in [1.54, 1.807) is 12.4 Å². The zero-order valence-electron chi connectivity index (χ0n) is 35.7. The van der Waals surface area contributed by atoms with Gasteiger partial charge in [0.05, 0.1) is 32.3 Å². The molecule has 0 radical (unpaired) electrons. The van der Waals surface area contributed by atoms with Crippen molar-refractivity contribution in [3.63, 3.8) is 0 Å². The van der Waals surface area contributed by atoms with Gasteiger partial charge in [-0.25, -0.2) is 19.9 Å². The van der Waals surface area contributed by atoms with E-state index in [1.165, 1.54) is 11.1 Å². The number of hydrogen-bond acceptors (Lipinski definition) is 7. The van der Waals surface area contributed by atoms with Gasteiger partial charge in [0, 0.05) is 31.3 Å². The van der Waals surface area contributed by atoms with E-state index in [0.717, 1.165) is 94.9 Å². The number of nitrogens with zero attached hydrogens (tertiary/aromatic N) is 4. The highest BCUT2D eigenvalue weighted by Gasteiger charge is 2.51. The fourth-order valence-electron chi connectivity index (χ4n) is 8.20. The minimum Gasteiger partial charge on any atom is -0.369 e. The molecule has 2 heterocycles. The second-order valence-corrected chi connectivity index (χ2v) is 18.0. The number of halogens is 2. The van der Waals surface area contributed by atoms with Crippen molar-refractivity contribution in [1.29, 1.82) is 0 Å². The predicted octanol–water partition coefficient (Wildman–Crippen LogP) is 10.5. The van der Waals surface area contributed by atoms with Gasteiger partial charge < -0.3 is 17.2 Å². The van der Waals surface area contributed by atoms with Crippen molar-refractivity contribution in [3.05, 3.63) is 187 Å². The number of hydrogen-bond donors (Lipinski definition) is 3. The van der Waals surface area contributed by atoms with Gasteiger partial charge in [-0.05, 0) is 109 Å². The molecule has 6 aromatic rings. The number of aryl methyl sites for hydroxylation is 4. The van der Waals surface area contributed by atoms with Crippen LogP contribution in [-0.4, -0.2) is 31.8 Å². The van der Waals surface area contributed by atoms with E-state index >= 15 is 0 Å². The van der Waals surface area contributed by atoms with E-state index in [4.69, 9.17) is 50.4 Å². The summed E-state index contributed by atoms with van der Waals surface area (Å²) >= 11 is 12.8. The van der Waals surface area contributed by atoms with Crippen LogP contribution in [0.4, 0.5) is 0 Å². The zero-order chi connectivity index (χ0) is 44.0. The van der Waals surface area contributed by atoms with Crippen molar-refractivity contribution < 1.29 is 9.59 Å². The molecule has 0 spiro atoms. The van der Waals surface area contributed by atoms with Crippen LogP contribution in [0.1, 0.15) is 141 Å². The highest BCUT2D eigenvalue weighted by atomic mass is 35.5. The van der Waals surface area contributed by atoms with E-state index in [0.29, 0.717) is 41.6 Å². The average Bonchev–Trinajstić information content (AvgIpc) is 4.21. The molecule has 2 saturated carbocycles. The Labute approximate surface area is 389 Å². The van der Waals surface area contributed by atoms with Crippen molar-refractivity contribution in [2.75, 3.05) is 0 Å². The largest absolute Gasteiger partial charge is 0.369 e. The SMILES string of the molecule is C.C.CC(C)c1ccc(Cc2ncc(Cl)c(CCc3ccccc3C3(C(N)=O)CC3)n2)cc1.CC(N)c1ccc(Cc2ncc(Cl)c(CCc3ccccc3C3(C(N)=O)CC3)n2)cc1. The Bertz CT molecular complexity index is 2360. The predicted molar refractivity (Wildman–Crippen MR) is 261 cm³/mol. The topological polar surface area (TPSA) is 164 Å². The summed E-state index contributed by atoms with van der Waals surface area (Å²) in [7, 11) is 0. The maximum absolute atomic E-state index is 12.0. The molecule has 0 saturated heterocycles. The fourth-order valence-corrected chi connectivity index (χ4v) is 8.57. The van der Waals surface area contributed by atoms with Gasteiger partial charge in [-0.1, -0.05) is 149 Å². The van der Waals surface area contributed by atoms with Crippen LogP contribution in [0.5, 0.6) is 0 Å². The highest BCUT2D eigenvalue weighted by molar-refractivity contribution is 6.31. The molecule has 1 unspecified atom stereocenters. The van der Waals surface area contributed by atoms with Gasteiger partial charge in [0.15, 0.2) is 0 Å². The van der Waals surface area contributed by atoms with Gasteiger partial charge in [-0.3, -0.25) is 9.59 Å². The van der Waals surface area contributed by atoms with Crippen LogP contribution in [0.3, 0.4) is 0 Å². The Morgan fingerprint density at radius 3 is 1.30 bits per heavy atom. The van der Waals surface area contributed by atoms with Crippen molar-refractivity contribution in [2.45, 2.75) is 123 Å². The lowest BCUT2D eigenvalue weighted by Crippen LogP contribution is -2.29. The first-order chi connectivity index (χ1) is 29.8. The summed E-state index contributed by atoms with van der Waals surface area (Å²) in [6.07, 6.45) is 10.8. The minimum absolute atomic E-state index is 0. The third-order valence-electron chi connectivity index (χ3n) is 12.4. The lowest BCUT2D eigenvalue weighted by Gasteiger charge is -2.16. The number of amides is 2. The lowest BCUT2D eigenvalue weighted by molar-refractivity contribution is -0.121. The second kappa shape index (κ2) is 21.5. The third-order valence-corrected chi connectivity index (χ3v) is 13.0. The summed E-state index contributed by atoms with van der Waals surface area (Å²) in [4.78, 5) is 42.3. The number of primary amides is 2. The van der Waals surface area contributed by atoms with E-state index in [1.807, 2.05) is 55.5 Å². The number of nitrogens with two attached hydrogens (primary N) is 3. The molecule has 64 heavy (non-hydrogen) atoms. The molecule has 2 aliphatic rings. The summed E-state index contributed by atoms with van der Waals surface area (Å²) in [6, 6.07) is 33.0. The molecule has 0 aliphatic heterocycles. The number of carbonyl (C=O) groups is 2. The molecule has 4 aromatic carbocycles. The first-order valence-electron chi connectivity index (χ1n) is 21.5. The quantitative estimate of drug-likeness (QED) is 0.0870. The minimum atomic E-state index is -0.496. The average molecular weight is 901 g/mol. The Morgan fingerprint density at radius 2 is 0.953 bits per heavy atom. The Kier molecular flexibility index (Phi) is 16.6. The number of carbonyl (C=O) groups excluding carboxylic acids is 2. The molecule has 6 N–H and O–H groups in total. The van der Waals surface area contributed by atoms with Gasteiger partial charge in [0.25, 0.3) is 0 Å². The van der Waals surface area contributed by atoms with Crippen LogP contribution in [0.15, 0.2) is 109 Å². The number of benzene rings is 4. The molecule has 2 fully saturated rings. The monoisotopic (exact) mass is 899 g/mol. The molecule has 1 atom stereocenters.